The van der Waals surface area contributed by atoms with Crippen LogP contribution in [0.1, 0.15) is 50.0 Å². The van der Waals surface area contributed by atoms with Gasteiger partial charge in [0.05, 0.1) is 18.7 Å². The highest BCUT2D eigenvalue weighted by atomic mass is 16.7. The number of hydrogen-bond acceptors (Lipinski definition) is 8. The second-order valence-corrected chi connectivity index (χ2v) is 10.4. The number of unbranched alkanes of at least 4 members (excludes halogenated alkanes) is 1. The van der Waals surface area contributed by atoms with Crippen molar-refractivity contribution in [3.8, 4) is 11.5 Å². The van der Waals surface area contributed by atoms with E-state index in [0.717, 1.165) is 31.4 Å². The third-order valence-electron chi connectivity index (χ3n) is 7.50. The van der Waals surface area contributed by atoms with Crippen LogP contribution < -0.4 is 9.47 Å². The van der Waals surface area contributed by atoms with Crippen molar-refractivity contribution in [2.75, 3.05) is 53.6 Å². The molecule has 2 aliphatic heterocycles. The number of carbonyl (C=O) groups excluding carboxylic acids is 1. The van der Waals surface area contributed by atoms with Gasteiger partial charge in [0, 0.05) is 38.0 Å². The minimum absolute atomic E-state index is 0.0498. The number of nitrogens with zero attached hydrogens (tertiary/aromatic N) is 4. The highest BCUT2D eigenvalue weighted by Crippen LogP contribution is 2.43. The summed E-state index contributed by atoms with van der Waals surface area (Å²) < 4.78 is 16.4. The molecule has 38 heavy (non-hydrogen) atoms. The maximum Gasteiger partial charge on any atom is 0.308 e. The predicted molar refractivity (Wildman–Crippen MR) is 141 cm³/mol. The Labute approximate surface area is 224 Å². The summed E-state index contributed by atoms with van der Waals surface area (Å²) in [6.07, 6.45) is 6.99. The average molecular weight is 529 g/mol. The van der Waals surface area contributed by atoms with Crippen molar-refractivity contribution in [2.45, 2.75) is 51.0 Å². The zero-order valence-corrected chi connectivity index (χ0v) is 22.7. The number of carboxylic acid groups (broad SMARTS) is 1. The number of aryl methyl sites for hydroxylation is 1. The third kappa shape index (κ3) is 6.85. The van der Waals surface area contributed by atoms with Gasteiger partial charge in [-0.1, -0.05) is 19.4 Å². The van der Waals surface area contributed by atoms with Gasteiger partial charge in [0.1, 0.15) is 6.26 Å². The highest BCUT2D eigenvalue weighted by Gasteiger charge is 2.47. The number of likely N-dealkylation sites (tertiary alicyclic amines) is 1. The van der Waals surface area contributed by atoms with E-state index in [2.05, 4.69) is 21.7 Å². The van der Waals surface area contributed by atoms with E-state index in [1.807, 2.05) is 37.2 Å². The fourth-order valence-corrected chi connectivity index (χ4v) is 5.54. The predicted octanol–water partition coefficient (Wildman–Crippen LogP) is 3.09. The van der Waals surface area contributed by atoms with Gasteiger partial charge >= 0.3 is 5.97 Å². The van der Waals surface area contributed by atoms with Crippen molar-refractivity contribution in [3.63, 3.8) is 0 Å². The van der Waals surface area contributed by atoms with Crippen molar-refractivity contribution in [1.29, 1.82) is 0 Å². The molecule has 3 heterocycles. The summed E-state index contributed by atoms with van der Waals surface area (Å²) in [5, 5.41) is 10.4. The largest absolute Gasteiger partial charge is 0.481 e. The maximum atomic E-state index is 13.6. The number of fused-ring (bicyclic) bond motifs is 1. The molecule has 0 spiro atoms. The molecule has 1 amide bonds. The molecule has 0 radical (unpaired) electrons. The molecular weight excluding hydrogens is 488 g/mol. The van der Waals surface area contributed by atoms with Crippen LogP contribution in [0.4, 0.5) is 0 Å². The van der Waals surface area contributed by atoms with Gasteiger partial charge in [0.25, 0.3) is 0 Å². The van der Waals surface area contributed by atoms with Gasteiger partial charge in [0.2, 0.25) is 12.7 Å². The van der Waals surface area contributed by atoms with Gasteiger partial charge in [-0.3, -0.25) is 14.5 Å². The third-order valence-corrected chi connectivity index (χ3v) is 7.50. The number of amides is 1. The molecule has 0 saturated carbocycles. The number of benzene rings is 1. The molecule has 2 aliphatic rings. The van der Waals surface area contributed by atoms with Crippen LogP contribution in [0.5, 0.6) is 11.5 Å². The zero-order valence-electron chi connectivity index (χ0n) is 22.7. The molecule has 1 N–H and O–H groups in total. The lowest BCUT2D eigenvalue weighted by Gasteiger charge is -2.30. The Morgan fingerprint density at radius 3 is 2.63 bits per heavy atom. The number of ether oxygens (including phenoxy) is 2. The first-order valence-corrected chi connectivity index (χ1v) is 13.5. The van der Waals surface area contributed by atoms with Crippen LogP contribution in [0, 0.1) is 5.92 Å². The molecule has 0 aliphatic carbocycles. The summed E-state index contributed by atoms with van der Waals surface area (Å²) in [6.45, 7) is 5.25. The Bertz CT molecular complexity index is 1060. The van der Waals surface area contributed by atoms with Crippen LogP contribution in [-0.4, -0.2) is 96.3 Å². The number of carbonyl (C=O) groups is 2. The van der Waals surface area contributed by atoms with Gasteiger partial charge in [-0.15, -0.1) is 0 Å². The fourth-order valence-electron chi connectivity index (χ4n) is 5.54. The smallest absolute Gasteiger partial charge is 0.308 e. The van der Waals surface area contributed by atoms with Crippen molar-refractivity contribution in [2.24, 2.45) is 5.92 Å². The SMILES string of the molecule is CCCCN(CCCN(C)C)C(=O)CN1C[C@H](c2ccc3c(c2)OCO3)C(C(=O)O)[C@@H]1CCc1ncco1. The molecule has 10 nitrogen and oxygen atoms in total. The van der Waals surface area contributed by atoms with E-state index in [9.17, 15) is 14.7 Å². The van der Waals surface area contributed by atoms with E-state index >= 15 is 0 Å². The summed E-state index contributed by atoms with van der Waals surface area (Å²) in [5.41, 5.74) is 0.881. The Morgan fingerprint density at radius 2 is 1.92 bits per heavy atom. The minimum Gasteiger partial charge on any atom is -0.481 e. The van der Waals surface area contributed by atoms with E-state index in [1.165, 1.54) is 6.26 Å². The lowest BCUT2D eigenvalue weighted by molar-refractivity contribution is -0.143. The normalized spacial score (nSPS) is 20.8. The summed E-state index contributed by atoms with van der Waals surface area (Å²) >= 11 is 0. The lowest BCUT2D eigenvalue weighted by Crippen LogP contribution is -2.45. The fraction of sp³-hybridized carbons (Fsp3) is 0.607. The first-order valence-electron chi connectivity index (χ1n) is 13.5. The molecule has 1 aromatic carbocycles. The van der Waals surface area contributed by atoms with E-state index in [4.69, 9.17) is 13.9 Å². The van der Waals surface area contributed by atoms with Gasteiger partial charge < -0.3 is 28.8 Å². The molecule has 4 rings (SSSR count). The molecule has 1 unspecified atom stereocenters. The zero-order chi connectivity index (χ0) is 27.1. The number of oxazole rings is 1. The van der Waals surface area contributed by atoms with Crippen molar-refractivity contribution >= 4 is 11.9 Å². The van der Waals surface area contributed by atoms with E-state index in [1.54, 1.807) is 6.20 Å². The summed E-state index contributed by atoms with van der Waals surface area (Å²) in [6, 6.07) is 5.30. The number of carboxylic acids is 1. The van der Waals surface area contributed by atoms with Crippen LogP contribution in [0.2, 0.25) is 0 Å². The van der Waals surface area contributed by atoms with E-state index in [-0.39, 0.29) is 31.2 Å². The van der Waals surface area contributed by atoms with Gasteiger partial charge in [0.15, 0.2) is 17.4 Å². The van der Waals surface area contributed by atoms with Crippen molar-refractivity contribution in [1.82, 2.24) is 19.7 Å². The quantitative estimate of drug-likeness (QED) is 0.396. The number of rotatable bonds is 14. The first kappa shape index (κ1) is 27.9. The molecule has 3 atom stereocenters. The molecular formula is C28H40N4O6. The Balaban J connectivity index is 1.55. The summed E-state index contributed by atoms with van der Waals surface area (Å²) in [5.74, 6) is 0.0699. The van der Waals surface area contributed by atoms with Gasteiger partial charge in [-0.2, -0.15) is 0 Å². The number of aromatic nitrogens is 1. The standard InChI is InChI=1S/C28H40N4O6/c1-4-5-13-31(14-6-12-30(2)3)26(33)18-32-17-21(20-7-9-23-24(16-20)38-19-37-23)27(28(34)35)22(32)8-10-25-29-11-15-36-25/h7,9,11,15-16,21-22,27H,4-6,8,10,12-14,17-19H2,1-3H3,(H,34,35)/t21-,22+,27?/m1/s1. The van der Waals surface area contributed by atoms with Crippen molar-refractivity contribution in [3.05, 3.63) is 42.1 Å². The van der Waals surface area contributed by atoms with Crippen LogP contribution in [0.25, 0.3) is 0 Å². The van der Waals surface area contributed by atoms with Crippen LogP contribution >= 0.6 is 0 Å². The van der Waals surface area contributed by atoms with Crippen LogP contribution in [0.3, 0.4) is 0 Å². The highest BCUT2D eigenvalue weighted by molar-refractivity contribution is 5.79. The average Bonchev–Trinajstić information content (AvgIpc) is 3.64. The summed E-state index contributed by atoms with van der Waals surface area (Å²) in [7, 11) is 4.06. The lowest BCUT2D eigenvalue weighted by atomic mass is 9.83. The molecule has 208 valence electrons. The molecule has 1 fully saturated rings. The second kappa shape index (κ2) is 13.1. The summed E-state index contributed by atoms with van der Waals surface area (Å²) in [4.78, 5) is 36.6. The van der Waals surface area contributed by atoms with Gasteiger partial charge in [-0.05, 0) is 57.6 Å². The monoisotopic (exact) mass is 528 g/mol. The Hall–Kier alpha value is -3.11. The van der Waals surface area contributed by atoms with Crippen molar-refractivity contribution < 1.29 is 28.6 Å². The second-order valence-electron chi connectivity index (χ2n) is 10.4. The number of hydrogen-bond donors (Lipinski definition) is 1. The van der Waals surface area contributed by atoms with Crippen LogP contribution in [-0.2, 0) is 16.0 Å². The first-order chi connectivity index (χ1) is 18.4. The maximum absolute atomic E-state index is 13.6. The minimum atomic E-state index is -0.867. The molecule has 0 bridgehead atoms. The van der Waals surface area contributed by atoms with Gasteiger partial charge in [-0.25, -0.2) is 4.98 Å². The molecule has 1 aromatic heterocycles. The Morgan fingerprint density at radius 1 is 1.13 bits per heavy atom. The molecule has 2 aromatic rings. The van der Waals surface area contributed by atoms with Crippen LogP contribution in [0.15, 0.2) is 35.1 Å². The molecule has 1 saturated heterocycles. The van der Waals surface area contributed by atoms with E-state index in [0.29, 0.717) is 49.9 Å². The Kier molecular flexibility index (Phi) is 9.63. The number of aliphatic carboxylic acids is 1. The molecule has 10 heteroatoms. The van der Waals surface area contributed by atoms with E-state index < -0.39 is 11.9 Å². The topological polar surface area (TPSA) is 109 Å².